The highest BCUT2D eigenvalue weighted by molar-refractivity contribution is 7.15. The van der Waals surface area contributed by atoms with E-state index in [2.05, 4.69) is 20.3 Å². The van der Waals surface area contributed by atoms with Crippen molar-refractivity contribution in [2.45, 2.75) is 12.0 Å². The first-order chi connectivity index (χ1) is 11.7. The normalized spacial score (nSPS) is 12.1. The number of anilines is 2. The monoisotopic (exact) mass is 362 g/mol. The molecule has 0 aliphatic heterocycles. The number of aliphatic hydroxyl groups excluding tert-OH is 2. The summed E-state index contributed by atoms with van der Waals surface area (Å²) in [6, 6.07) is 9.31. The van der Waals surface area contributed by atoms with Crippen LogP contribution in [0.1, 0.15) is 16.1 Å². The molecule has 0 aliphatic rings. The predicted molar refractivity (Wildman–Crippen MR) is 94.5 cm³/mol. The van der Waals surface area contributed by atoms with Crippen LogP contribution in [0.15, 0.2) is 42.7 Å². The van der Waals surface area contributed by atoms with Crippen molar-refractivity contribution in [1.82, 2.24) is 15.0 Å². The zero-order valence-corrected chi connectivity index (χ0v) is 14.1. The van der Waals surface area contributed by atoms with Crippen LogP contribution in [0.3, 0.4) is 0 Å². The van der Waals surface area contributed by atoms with Gasteiger partial charge in [0, 0.05) is 19.0 Å². The Kier molecular flexibility index (Phi) is 5.37. The van der Waals surface area contributed by atoms with Crippen molar-refractivity contribution >= 4 is 34.6 Å². The number of hydrogen-bond acceptors (Lipinski definition) is 7. The lowest BCUT2D eigenvalue weighted by Gasteiger charge is -2.07. The Morgan fingerprint density at radius 2 is 2.08 bits per heavy atom. The van der Waals surface area contributed by atoms with E-state index in [1.165, 1.54) is 11.3 Å². The molecule has 24 heavy (non-hydrogen) atoms. The molecule has 3 heterocycles. The molecule has 0 aromatic carbocycles. The Labute approximate surface area is 147 Å². The standard InChI is InChI=1S/C16H15ClN4O2S/c17-15(23)16-19-9-12(24-16)11-2-1-3-13(20-11)21-14-8-10(5-7-22)4-6-18-14/h1-4,6,8-9,15,22-23H,5,7H2,(H,18,20,21)/t15-/m1/s1. The summed E-state index contributed by atoms with van der Waals surface area (Å²) in [7, 11) is 0. The van der Waals surface area contributed by atoms with E-state index in [0.29, 0.717) is 23.1 Å². The first kappa shape index (κ1) is 16.8. The van der Waals surface area contributed by atoms with Gasteiger partial charge >= 0.3 is 0 Å². The Bertz CT molecular complexity index is 825. The molecule has 0 bridgehead atoms. The first-order valence-electron chi connectivity index (χ1n) is 7.24. The van der Waals surface area contributed by atoms with Crippen LogP contribution in [0.25, 0.3) is 10.6 Å². The molecule has 3 N–H and O–H groups in total. The quantitative estimate of drug-likeness (QED) is 0.584. The molecular formula is C16H15ClN4O2S. The van der Waals surface area contributed by atoms with E-state index in [4.69, 9.17) is 16.7 Å². The van der Waals surface area contributed by atoms with Gasteiger partial charge in [-0.25, -0.2) is 15.0 Å². The molecule has 6 nitrogen and oxygen atoms in total. The van der Waals surface area contributed by atoms with Crippen LogP contribution in [0.4, 0.5) is 11.6 Å². The fraction of sp³-hybridized carbons (Fsp3) is 0.188. The summed E-state index contributed by atoms with van der Waals surface area (Å²) in [5.41, 5.74) is 0.616. The average molecular weight is 363 g/mol. The minimum Gasteiger partial charge on any atom is -0.396 e. The highest BCUT2D eigenvalue weighted by Gasteiger charge is 2.11. The van der Waals surface area contributed by atoms with Gasteiger partial charge in [-0.15, -0.1) is 11.3 Å². The molecule has 0 aliphatic carbocycles. The van der Waals surface area contributed by atoms with Gasteiger partial charge in [-0.2, -0.15) is 0 Å². The van der Waals surface area contributed by atoms with Crippen molar-refractivity contribution in [2.75, 3.05) is 11.9 Å². The summed E-state index contributed by atoms with van der Waals surface area (Å²) in [6.45, 7) is 0.0946. The highest BCUT2D eigenvalue weighted by Crippen LogP contribution is 2.30. The lowest BCUT2D eigenvalue weighted by atomic mass is 10.2. The molecule has 3 aromatic rings. The van der Waals surface area contributed by atoms with Crippen LogP contribution in [-0.2, 0) is 6.42 Å². The van der Waals surface area contributed by atoms with Crippen LogP contribution in [0.5, 0.6) is 0 Å². The number of aliphatic hydroxyl groups is 2. The van der Waals surface area contributed by atoms with Gasteiger partial charge in [0.1, 0.15) is 16.6 Å². The molecule has 0 fully saturated rings. The third kappa shape index (κ3) is 4.07. The molecule has 3 rings (SSSR count). The van der Waals surface area contributed by atoms with Gasteiger partial charge in [0.15, 0.2) is 5.56 Å². The minimum absolute atomic E-state index is 0.0946. The SMILES string of the molecule is OCCc1ccnc(Nc2cccc(-c3cnc([C@@H](O)Cl)s3)n2)c1. The van der Waals surface area contributed by atoms with Gasteiger partial charge in [-0.3, -0.25) is 0 Å². The third-order valence-electron chi connectivity index (χ3n) is 3.21. The predicted octanol–water partition coefficient (Wildman–Crippen LogP) is 3.11. The summed E-state index contributed by atoms with van der Waals surface area (Å²) in [6.07, 6.45) is 3.90. The second kappa shape index (κ2) is 7.67. The van der Waals surface area contributed by atoms with E-state index >= 15 is 0 Å². The fourth-order valence-electron chi connectivity index (χ4n) is 2.12. The van der Waals surface area contributed by atoms with E-state index in [1.807, 2.05) is 30.3 Å². The number of aromatic nitrogens is 3. The molecule has 0 unspecified atom stereocenters. The number of alkyl halides is 1. The second-order valence-electron chi connectivity index (χ2n) is 4.95. The third-order valence-corrected chi connectivity index (χ3v) is 4.62. The Balaban J connectivity index is 1.81. The molecule has 124 valence electrons. The first-order valence-corrected chi connectivity index (χ1v) is 8.49. The van der Waals surface area contributed by atoms with Crippen molar-refractivity contribution in [3.05, 3.63) is 53.3 Å². The van der Waals surface area contributed by atoms with Crippen molar-refractivity contribution < 1.29 is 10.2 Å². The van der Waals surface area contributed by atoms with E-state index < -0.39 is 5.56 Å². The lowest BCUT2D eigenvalue weighted by Crippen LogP contribution is -1.98. The fourth-order valence-corrected chi connectivity index (χ4v) is 3.06. The van der Waals surface area contributed by atoms with Crippen molar-refractivity contribution in [3.63, 3.8) is 0 Å². The molecule has 3 aromatic heterocycles. The number of pyridine rings is 2. The largest absolute Gasteiger partial charge is 0.396 e. The van der Waals surface area contributed by atoms with Gasteiger partial charge < -0.3 is 15.5 Å². The van der Waals surface area contributed by atoms with Gasteiger partial charge in [0.05, 0.1) is 10.6 Å². The summed E-state index contributed by atoms with van der Waals surface area (Å²) >= 11 is 6.92. The van der Waals surface area contributed by atoms with Crippen LogP contribution < -0.4 is 5.32 Å². The number of halogens is 1. The maximum absolute atomic E-state index is 9.36. The summed E-state index contributed by atoms with van der Waals surface area (Å²) in [4.78, 5) is 13.7. The highest BCUT2D eigenvalue weighted by atomic mass is 35.5. The Hall–Kier alpha value is -2.06. The molecule has 0 saturated carbocycles. The molecule has 1 atom stereocenters. The van der Waals surface area contributed by atoms with Crippen LogP contribution in [0, 0.1) is 0 Å². The number of thiazole rings is 1. The smallest absolute Gasteiger partial charge is 0.180 e. The lowest BCUT2D eigenvalue weighted by molar-refractivity contribution is 0.262. The van der Waals surface area contributed by atoms with Crippen LogP contribution >= 0.6 is 22.9 Å². The topological polar surface area (TPSA) is 91.2 Å². The Morgan fingerprint density at radius 1 is 1.21 bits per heavy atom. The summed E-state index contributed by atoms with van der Waals surface area (Å²) < 4.78 is 0. The molecule has 0 spiro atoms. The second-order valence-corrected chi connectivity index (χ2v) is 6.43. The minimum atomic E-state index is -1.11. The summed E-state index contributed by atoms with van der Waals surface area (Å²) in [5, 5.41) is 22.0. The zero-order chi connectivity index (χ0) is 16.9. The van der Waals surface area contributed by atoms with Gasteiger partial charge in [0.2, 0.25) is 0 Å². The molecule has 0 saturated heterocycles. The number of rotatable bonds is 6. The maximum atomic E-state index is 9.36. The molecule has 8 heteroatoms. The van der Waals surface area contributed by atoms with Gasteiger partial charge in [-0.05, 0) is 36.2 Å². The summed E-state index contributed by atoms with van der Waals surface area (Å²) in [5.74, 6) is 1.30. The Morgan fingerprint density at radius 3 is 2.83 bits per heavy atom. The van der Waals surface area contributed by atoms with E-state index in [-0.39, 0.29) is 6.61 Å². The van der Waals surface area contributed by atoms with E-state index in [1.54, 1.807) is 12.4 Å². The maximum Gasteiger partial charge on any atom is 0.180 e. The average Bonchev–Trinajstić information content (AvgIpc) is 3.06. The number of nitrogens with one attached hydrogen (secondary N) is 1. The van der Waals surface area contributed by atoms with Crippen LogP contribution in [0.2, 0.25) is 0 Å². The molecule has 0 amide bonds. The van der Waals surface area contributed by atoms with Crippen molar-refractivity contribution in [1.29, 1.82) is 0 Å². The van der Waals surface area contributed by atoms with E-state index in [0.717, 1.165) is 16.1 Å². The zero-order valence-electron chi connectivity index (χ0n) is 12.6. The number of hydrogen-bond donors (Lipinski definition) is 3. The van der Waals surface area contributed by atoms with Crippen LogP contribution in [-0.4, -0.2) is 31.8 Å². The number of nitrogens with zero attached hydrogens (tertiary/aromatic N) is 3. The van der Waals surface area contributed by atoms with Gasteiger partial charge in [0.25, 0.3) is 0 Å². The van der Waals surface area contributed by atoms with Crippen molar-refractivity contribution in [2.24, 2.45) is 0 Å². The molecular weight excluding hydrogens is 348 g/mol. The molecule has 0 radical (unpaired) electrons. The van der Waals surface area contributed by atoms with Crippen molar-refractivity contribution in [3.8, 4) is 10.6 Å². The van der Waals surface area contributed by atoms with Gasteiger partial charge in [-0.1, -0.05) is 17.7 Å². The van der Waals surface area contributed by atoms with E-state index in [9.17, 15) is 5.11 Å².